The third kappa shape index (κ3) is 3.30. The molecule has 1 aromatic rings. The van der Waals surface area contributed by atoms with E-state index in [4.69, 9.17) is 5.11 Å². The predicted molar refractivity (Wildman–Crippen MR) is 60.8 cm³/mol. The number of aromatic nitrogens is 1. The molecule has 0 atom stereocenters. The van der Waals surface area contributed by atoms with E-state index >= 15 is 0 Å². The van der Waals surface area contributed by atoms with E-state index in [-0.39, 0.29) is 17.7 Å². The van der Waals surface area contributed by atoms with Crippen molar-refractivity contribution in [3.63, 3.8) is 0 Å². The van der Waals surface area contributed by atoms with Crippen LogP contribution in [0.1, 0.15) is 36.3 Å². The fourth-order valence-electron chi connectivity index (χ4n) is 0.969. The van der Waals surface area contributed by atoms with Crippen LogP contribution in [0.5, 0.6) is 0 Å². The number of nitrogens with one attached hydrogen (secondary N) is 1. The second-order valence-electron chi connectivity index (χ2n) is 4.36. The first-order chi connectivity index (χ1) is 7.30. The highest BCUT2D eigenvalue weighted by Crippen LogP contribution is 2.25. The molecule has 0 saturated heterocycles. The van der Waals surface area contributed by atoms with Crippen molar-refractivity contribution < 1.29 is 14.7 Å². The molecule has 0 radical (unpaired) electrons. The summed E-state index contributed by atoms with van der Waals surface area (Å²) in [5.41, 5.74) is 0.173. The average Bonchev–Trinajstić information content (AvgIpc) is 2.61. The molecule has 1 heterocycles. The Morgan fingerprint density at radius 2 is 2.12 bits per heavy atom. The van der Waals surface area contributed by atoms with Crippen molar-refractivity contribution in [1.82, 2.24) is 10.3 Å². The number of rotatable bonds is 3. The van der Waals surface area contributed by atoms with E-state index in [0.717, 1.165) is 5.01 Å². The highest BCUT2D eigenvalue weighted by Gasteiger charge is 2.20. The van der Waals surface area contributed by atoms with Crippen molar-refractivity contribution in [1.29, 1.82) is 0 Å². The highest BCUT2D eigenvalue weighted by atomic mass is 32.1. The van der Waals surface area contributed by atoms with Crippen LogP contribution in [0.15, 0.2) is 5.38 Å². The minimum atomic E-state index is -1.07. The first-order valence-corrected chi connectivity index (χ1v) is 5.64. The van der Waals surface area contributed by atoms with E-state index in [1.54, 1.807) is 5.38 Å². The van der Waals surface area contributed by atoms with Gasteiger partial charge >= 0.3 is 5.97 Å². The quantitative estimate of drug-likeness (QED) is 0.836. The molecule has 88 valence electrons. The third-order valence-corrected chi connectivity index (χ3v) is 3.05. The molecule has 6 heteroatoms. The molecule has 0 saturated carbocycles. The largest absolute Gasteiger partial charge is 0.480 e. The Bertz CT molecular complexity index is 406. The second kappa shape index (κ2) is 4.61. The van der Waals surface area contributed by atoms with Crippen LogP contribution >= 0.6 is 11.3 Å². The normalized spacial score (nSPS) is 11.2. The van der Waals surface area contributed by atoms with Gasteiger partial charge in [0.15, 0.2) is 0 Å². The predicted octanol–water partition coefficient (Wildman–Crippen LogP) is 1.25. The van der Waals surface area contributed by atoms with Gasteiger partial charge in [-0.1, -0.05) is 20.8 Å². The van der Waals surface area contributed by atoms with Gasteiger partial charge < -0.3 is 10.4 Å². The molecule has 0 spiro atoms. The van der Waals surface area contributed by atoms with Crippen LogP contribution < -0.4 is 5.32 Å². The van der Waals surface area contributed by atoms with Gasteiger partial charge in [0.1, 0.15) is 12.2 Å². The van der Waals surface area contributed by atoms with Crippen LogP contribution in [-0.4, -0.2) is 28.5 Å². The first kappa shape index (κ1) is 12.6. The zero-order chi connectivity index (χ0) is 12.3. The Morgan fingerprint density at radius 1 is 1.50 bits per heavy atom. The molecule has 1 aromatic heterocycles. The first-order valence-electron chi connectivity index (χ1n) is 4.76. The molecule has 1 rings (SSSR count). The molecule has 0 aliphatic rings. The minimum absolute atomic E-state index is 0.101. The molecule has 0 fully saturated rings. The van der Waals surface area contributed by atoms with Crippen molar-refractivity contribution in [2.24, 2.45) is 0 Å². The average molecular weight is 242 g/mol. The van der Waals surface area contributed by atoms with E-state index in [9.17, 15) is 9.59 Å². The molecule has 0 aromatic carbocycles. The maximum absolute atomic E-state index is 11.5. The van der Waals surface area contributed by atoms with Gasteiger partial charge in [0, 0.05) is 10.8 Å². The number of carbonyl (C=O) groups is 2. The number of aliphatic carboxylic acids is 1. The summed E-state index contributed by atoms with van der Waals surface area (Å²) in [6.45, 7) is 5.63. The van der Waals surface area contributed by atoms with Gasteiger partial charge in [0.05, 0.1) is 5.01 Å². The molecule has 0 unspecified atom stereocenters. The summed E-state index contributed by atoms with van der Waals surface area (Å²) in [5.74, 6) is -1.52. The lowest BCUT2D eigenvalue weighted by Crippen LogP contribution is -2.29. The third-order valence-electron chi connectivity index (χ3n) is 1.78. The van der Waals surface area contributed by atoms with Crippen LogP contribution in [0.2, 0.25) is 0 Å². The monoisotopic (exact) mass is 242 g/mol. The van der Waals surface area contributed by atoms with Crippen molar-refractivity contribution in [3.05, 3.63) is 16.1 Å². The summed E-state index contributed by atoms with van der Waals surface area (Å²) in [7, 11) is 0. The van der Waals surface area contributed by atoms with Crippen LogP contribution in [-0.2, 0) is 10.2 Å². The lowest BCUT2D eigenvalue weighted by atomic mass is 9.98. The summed E-state index contributed by atoms with van der Waals surface area (Å²) >= 11 is 1.40. The van der Waals surface area contributed by atoms with Crippen molar-refractivity contribution in [2.45, 2.75) is 26.2 Å². The number of thiazole rings is 1. The zero-order valence-electron chi connectivity index (χ0n) is 9.40. The van der Waals surface area contributed by atoms with Crippen LogP contribution in [0.4, 0.5) is 0 Å². The van der Waals surface area contributed by atoms with Gasteiger partial charge in [-0.15, -0.1) is 11.3 Å². The summed E-state index contributed by atoms with van der Waals surface area (Å²) in [4.78, 5) is 25.9. The van der Waals surface area contributed by atoms with Gasteiger partial charge in [-0.2, -0.15) is 0 Å². The molecule has 0 bridgehead atoms. The van der Waals surface area contributed by atoms with Crippen molar-refractivity contribution >= 4 is 23.2 Å². The van der Waals surface area contributed by atoms with E-state index < -0.39 is 11.9 Å². The number of carboxylic acids is 1. The lowest BCUT2D eigenvalue weighted by Gasteiger charge is -2.13. The van der Waals surface area contributed by atoms with E-state index in [0.29, 0.717) is 0 Å². The van der Waals surface area contributed by atoms with Crippen molar-refractivity contribution in [2.75, 3.05) is 6.54 Å². The number of hydrogen-bond donors (Lipinski definition) is 2. The Morgan fingerprint density at radius 3 is 2.56 bits per heavy atom. The lowest BCUT2D eigenvalue weighted by molar-refractivity contribution is -0.135. The van der Waals surface area contributed by atoms with Crippen LogP contribution in [0, 0.1) is 0 Å². The SMILES string of the molecule is CC(C)(C)c1nc(C(=O)NCC(=O)O)cs1. The van der Waals surface area contributed by atoms with Crippen LogP contribution in [0.25, 0.3) is 0 Å². The smallest absolute Gasteiger partial charge is 0.322 e. The topological polar surface area (TPSA) is 79.3 Å². The maximum Gasteiger partial charge on any atom is 0.322 e. The summed E-state index contributed by atoms with van der Waals surface area (Å²) in [6, 6.07) is 0. The Kier molecular flexibility index (Phi) is 3.64. The van der Waals surface area contributed by atoms with E-state index in [1.807, 2.05) is 20.8 Å². The fraction of sp³-hybridized carbons (Fsp3) is 0.500. The second-order valence-corrected chi connectivity index (χ2v) is 5.22. The number of amides is 1. The molecular weight excluding hydrogens is 228 g/mol. The van der Waals surface area contributed by atoms with Gasteiger partial charge in [-0.05, 0) is 0 Å². The standard InChI is InChI=1S/C10H14N2O3S/c1-10(2,3)9-12-6(5-16-9)8(15)11-4-7(13)14/h5H,4H2,1-3H3,(H,11,15)(H,13,14). The molecule has 5 nitrogen and oxygen atoms in total. The van der Waals surface area contributed by atoms with E-state index in [2.05, 4.69) is 10.3 Å². The molecule has 0 aliphatic carbocycles. The van der Waals surface area contributed by atoms with Gasteiger partial charge in [0.2, 0.25) is 0 Å². The Balaban J connectivity index is 2.71. The number of carbonyl (C=O) groups excluding carboxylic acids is 1. The molecular formula is C10H14N2O3S. The fourth-order valence-corrected chi connectivity index (χ4v) is 1.86. The molecule has 2 N–H and O–H groups in total. The Hall–Kier alpha value is -1.43. The van der Waals surface area contributed by atoms with E-state index in [1.165, 1.54) is 11.3 Å². The Labute approximate surface area is 97.5 Å². The number of nitrogens with zero attached hydrogens (tertiary/aromatic N) is 1. The maximum atomic E-state index is 11.5. The van der Waals surface area contributed by atoms with Gasteiger partial charge in [-0.3, -0.25) is 9.59 Å². The van der Waals surface area contributed by atoms with Gasteiger partial charge in [0.25, 0.3) is 5.91 Å². The summed E-state index contributed by atoms with van der Waals surface area (Å²) in [5, 5.41) is 13.2. The molecule has 16 heavy (non-hydrogen) atoms. The molecule has 0 aliphatic heterocycles. The van der Waals surface area contributed by atoms with Gasteiger partial charge in [-0.25, -0.2) is 4.98 Å². The zero-order valence-corrected chi connectivity index (χ0v) is 10.2. The number of hydrogen-bond acceptors (Lipinski definition) is 4. The van der Waals surface area contributed by atoms with Crippen molar-refractivity contribution in [3.8, 4) is 0 Å². The summed E-state index contributed by atoms with van der Waals surface area (Å²) < 4.78 is 0. The highest BCUT2D eigenvalue weighted by molar-refractivity contribution is 7.10. The summed E-state index contributed by atoms with van der Waals surface area (Å²) in [6.07, 6.45) is 0. The van der Waals surface area contributed by atoms with Crippen LogP contribution in [0.3, 0.4) is 0 Å². The molecule has 1 amide bonds. The number of carboxylic acid groups (broad SMARTS) is 1. The minimum Gasteiger partial charge on any atom is -0.480 e.